The fourth-order valence-electron chi connectivity index (χ4n) is 3.50. The van der Waals surface area contributed by atoms with Crippen LogP contribution in [0.1, 0.15) is 58.3 Å². The van der Waals surface area contributed by atoms with Gasteiger partial charge in [-0.1, -0.05) is 19.3 Å². The molecule has 0 aromatic heterocycles. The molecule has 0 amide bonds. The molecule has 1 saturated heterocycles. The minimum absolute atomic E-state index is 0.491. The molecule has 1 N–H and O–H groups in total. The minimum Gasteiger partial charge on any atom is -0.377 e. The fraction of sp³-hybridized carbons (Fsp3) is 1.00. The highest BCUT2D eigenvalue weighted by molar-refractivity contribution is 4.75. The summed E-state index contributed by atoms with van der Waals surface area (Å²) in [5.74, 6) is 0. The second-order valence-corrected chi connectivity index (χ2v) is 6.16. The smallest absolute Gasteiger partial charge is 0.0702 e. The standard InChI is InChI=1S/C16H32N2O/c1-2-19-16-10-6-12-18(14-16)13-7-11-17-15-8-4-3-5-9-15/h15-17H,2-14H2,1H3. The van der Waals surface area contributed by atoms with Gasteiger partial charge < -0.3 is 15.0 Å². The van der Waals surface area contributed by atoms with Crippen molar-refractivity contribution in [1.82, 2.24) is 10.2 Å². The topological polar surface area (TPSA) is 24.5 Å². The van der Waals surface area contributed by atoms with Gasteiger partial charge in [-0.05, 0) is 58.7 Å². The van der Waals surface area contributed by atoms with E-state index in [0.29, 0.717) is 6.10 Å². The zero-order valence-corrected chi connectivity index (χ0v) is 12.7. The average molecular weight is 268 g/mol. The van der Waals surface area contributed by atoms with E-state index < -0.39 is 0 Å². The molecular formula is C16H32N2O. The van der Waals surface area contributed by atoms with Crippen LogP contribution in [-0.2, 0) is 4.74 Å². The van der Waals surface area contributed by atoms with Crippen molar-refractivity contribution in [2.45, 2.75) is 70.4 Å². The van der Waals surface area contributed by atoms with Gasteiger partial charge in [-0.15, -0.1) is 0 Å². The Kier molecular flexibility index (Phi) is 7.18. The lowest BCUT2D eigenvalue weighted by Gasteiger charge is -2.32. The highest BCUT2D eigenvalue weighted by Crippen LogP contribution is 2.17. The molecule has 1 saturated carbocycles. The van der Waals surface area contributed by atoms with Crippen molar-refractivity contribution >= 4 is 0 Å². The van der Waals surface area contributed by atoms with Crippen LogP contribution in [0, 0.1) is 0 Å². The molecule has 1 aliphatic carbocycles. The van der Waals surface area contributed by atoms with E-state index in [1.54, 1.807) is 0 Å². The highest BCUT2D eigenvalue weighted by Gasteiger charge is 2.19. The Morgan fingerprint density at radius 2 is 1.95 bits per heavy atom. The number of likely N-dealkylation sites (tertiary alicyclic amines) is 1. The number of ether oxygens (including phenoxy) is 1. The SMILES string of the molecule is CCOC1CCCN(CCCNC2CCCCC2)C1. The number of rotatable bonds is 7. The quantitative estimate of drug-likeness (QED) is 0.719. The molecule has 2 fully saturated rings. The highest BCUT2D eigenvalue weighted by atomic mass is 16.5. The summed E-state index contributed by atoms with van der Waals surface area (Å²) in [7, 11) is 0. The van der Waals surface area contributed by atoms with Gasteiger partial charge in [-0.2, -0.15) is 0 Å². The van der Waals surface area contributed by atoms with Crippen LogP contribution in [0.25, 0.3) is 0 Å². The molecule has 1 aliphatic heterocycles. The lowest BCUT2D eigenvalue weighted by atomic mass is 9.95. The molecule has 1 unspecified atom stereocenters. The maximum absolute atomic E-state index is 5.76. The molecule has 19 heavy (non-hydrogen) atoms. The molecular weight excluding hydrogens is 236 g/mol. The zero-order valence-electron chi connectivity index (χ0n) is 12.7. The Labute approximate surface area is 119 Å². The molecule has 1 heterocycles. The van der Waals surface area contributed by atoms with Crippen LogP contribution < -0.4 is 5.32 Å². The van der Waals surface area contributed by atoms with Crippen molar-refractivity contribution in [1.29, 1.82) is 0 Å². The lowest BCUT2D eigenvalue weighted by Crippen LogP contribution is -2.41. The van der Waals surface area contributed by atoms with Crippen molar-refractivity contribution in [2.75, 3.05) is 32.8 Å². The summed E-state index contributed by atoms with van der Waals surface area (Å²) in [6, 6.07) is 0.811. The van der Waals surface area contributed by atoms with E-state index in [4.69, 9.17) is 4.74 Å². The van der Waals surface area contributed by atoms with E-state index in [0.717, 1.165) is 19.2 Å². The van der Waals surface area contributed by atoms with Crippen LogP contribution in [0.3, 0.4) is 0 Å². The minimum atomic E-state index is 0.491. The number of hydrogen-bond donors (Lipinski definition) is 1. The predicted octanol–water partition coefficient (Wildman–Crippen LogP) is 2.80. The van der Waals surface area contributed by atoms with Crippen LogP contribution >= 0.6 is 0 Å². The second kappa shape index (κ2) is 8.93. The summed E-state index contributed by atoms with van der Waals surface area (Å²) in [4.78, 5) is 2.59. The van der Waals surface area contributed by atoms with Gasteiger partial charge in [0.15, 0.2) is 0 Å². The Bertz CT molecular complexity index is 227. The number of nitrogens with one attached hydrogen (secondary N) is 1. The summed E-state index contributed by atoms with van der Waals surface area (Å²) in [6.07, 6.45) is 11.4. The largest absolute Gasteiger partial charge is 0.377 e. The van der Waals surface area contributed by atoms with E-state index in [9.17, 15) is 0 Å². The Balaban J connectivity index is 1.52. The number of piperidine rings is 1. The third-order valence-corrected chi connectivity index (χ3v) is 4.55. The van der Waals surface area contributed by atoms with E-state index in [1.165, 1.54) is 71.0 Å². The summed E-state index contributed by atoms with van der Waals surface area (Å²) in [5, 5.41) is 3.74. The van der Waals surface area contributed by atoms with E-state index in [1.807, 2.05) is 0 Å². The third-order valence-electron chi connectivity index (χ3n) is 4.55. The maximum Gasteiger partial charge on any atom is 0.0702 e. The van der Waals surface area contributed by atoms with E-state index >= 15 is 0 Å². The molecule has 1 atom stereocenters. The van der Waals surface area contributed by atoms with E-state index in [2.05, 4.69) is 17.1 Å². The van der Waals surface area contributed by atoms with Gasteiger partial charge in [0.2, 0.25) is 0 Å². The molecule has 3 nitrogen and oxygen atoms in total. The Hall–Kier alpha value is -0.120. The summed E-state index contributed by atoms with van der Waals surface area (Å²) in [6.45, 7) is 7.82. The first-order chi connectivity index (χ1) is 9.38. The van der Waals surface area contributed by atoms with Gasteiger partial charge in [0.05, 0.1) is 6.10 Å². The van der Waals surface area contributed by atoms with Gasteiger partial charge in [0, 0.05) is 19.2 Å². The number of nitrogens with zero attached hydrogens (tertiary/aromatic N) is 1. The normalized spacial score (nSPS) is 26.7. The lowest BCUT2D eigenvalue weighted by molar-refractivity contribution is 0.00571. The average Bonchev–Trinajstić information content (AvgIpc) is 2.46. The molecule has 0 radical (unpaired) electrons. The second-order valence-electron chi connectivity index (χ2n) is 6.16. The Morgan fingerprint density at radius 3 is 2.74 bits per heavy atom. The van der Waals surface area contributed by atoms with Gasteiger partial charge in [0.25, 0.3) is 0 Å². The molecule has 0 bridgehead atoms. The fourth-order valence-corrected chi connectivity index (χ4v) is 3.50. The summed E-state index contributed by atoms with van der Waals surface area (Å²) in [5.41, 5.74) is 0. The first-order valence-electron chi connectivity index (χ1n) is 8.46. The molecule has 112 valence electrons. The predicted molar refractivity (Wildman–Crippen MR) is 80.6 cm³/mol. The Morgan fingerprint density at radius 1 is 1.11 bits per heavy atom. The molecule has 0 aromatic carbocycles. The van der Waals surface area contributed by atoms with Crippen molar-refractivity contribution < 1.29 is 4.74 Å². The van der Waals surface area contributed by atoms with Crippen molar-refractivity contribution in [3.63, 3.8) is 0 Å². The van der Waals surface area contributed by atoms with Crippen molar-refractivity contribution in [3.8, 4) is 0 Å². The zero-order chi connectivity index (χ0) is 13.3. The van der Waals surface area contributed by atoms with Gasteiger partial charge in [-0.3, -0.25) is 0 Å². The van der Waals surface area contributed by atoms with Crippen LogP contribution in [0.2, 0.25) is 0 Å². The van der Waals surface area contributed by atoms with Crippen LogP contribution in [0.4, 0.5) is 0 Å². The molecule has 3 heteroatoms. The van der Waals surface area contributed by atoms with Crippen molar-refractivity contribution in [2.24, 2.45) is 0 Å². The van der Waals surface area contributed by atoms with Crippen LogP contribution in [0.5, 0.6) is 0 Å². The summed E-state index contributed by atoms with van der Waals surface area (Å²) >= 11 is 0. The molecule has 2 rings (SSSR count). The van der Waals surface area contributed by atoms with Crippen molar-refractivity contribution in [3.05, 3.63) is 0 Å². The van der Waals surface area contributed by atoms with Gasteiger partial charge >= 0.3 is 0 Å². The monoisotopic (exact) mass is 268 g/mol. The van der Waals surface area contributed by atoms with Gasteiger partial charge in [-0.25, -0.2) is 0 Å². The van der Waals surface area contributed by atoms with Gasteiger partial charge in [0.1, 0.15) is 0 Å². The van der Waals surface area contributed by atoms with Crippen LogP contribution in [0.15, 0.2) is 0 Å². The first kappa shape index (κ1) is 15.3. The third kappa shape index (κ3) is 5.80. The maximum atomic E-state index is 5.76. The number of hydrogen-bond acceptors (Lipinski definition) is 3. The van der Waals surface area contributed by atoms with E-state index in [-0.39, 0.29) is 0 Å². The molecule has 0 aromatic rings. The summed E-state index contributed by atoms with van der Waals surface area (Å²) < 4.78 is 5.76. The van der Waals surface area contributed by atoms with Crippen LogP contribution in [-0.4, -0.2) is 49.8 Å². The molecule has 0 spiro atoms. The first-order valence-corrected chi connectivity index (χ1v) is 8.46. The molecule has 2 aliphatic rings.